The van der Waals surface area contributed by atoms with Gasteiger partial charge in [-0.2, -0.15) is 0 Å². The molecule has 2 atom stereocenters. The van der Waals surface area contributed by atoms with Crippen molar-refractivity contribution >= 4 is 6.29 Å². The van der Waals surface area contributed by atoms with E-state index in [1.807, 2.05) is 6.92 Å². The van der Waals surface area contributed by atoms with Crippen molar-refractivity contribution in [2.45, 2.75) is 39.7 Å². The van der Waals surface area contributed by atoms with E-state index in [4.69, 9.17) is 4.74 Å². The Labute approximate surface area is 81.0 Å². The number of methoxy groups -OCH3 is 1. The minimum Gasteiger partial charge on any atom is -0.381 e. The number of carbonyl (C=O) groups is 1. The minimum absolute atomic E-state index is 0.237. The SMILES string of the molecule is CCCC(OC)C(C)/C(C)=C/C=O. The molecule has 0 aromatic carbocycles. The molecule has 2 heteroatoms. The van der Waals surface area contributed by atoms with Crippen LogP contribution in [0.3, 0.4) is 0 Å². The molecule has 0 N–H and O–H groups in total. The molecule has 0 aliphatic carbocycles. The highest BCUT2D eigenvalue weighted by molar-refractivity contribution is 5.66. The van der Waals surface area contributed by atoms with E-state index in [0.717, 1.165) is 24.7 Å². The van der Waals surface area contributed by atoms with Gasteiger partial charge in [0.25, 0.3) is 0 Å². The summed E-state index contributed by atoms with van der Waals surface area (Å²) < 4.78 is 5.36. The molecular formula is C11H20O2. The number of aldehydes is 1. The van der Waals surface area contributed by atoms with Crippen LogP contribution < -0.4 is 0 Å². The van der Waals surface area contributed by atoms with Crippen LogP contribution in [0, 0.1) is 5.92 Å². The summed E-state index contributed by atoms with van der Waals surface area (Å²) in [5.74, 6) is 0.329. The van der Waals surface area contributed by atoms with E-state index >= 15 is 0 Å². The van der Waals surface area contributed by atoms with Crippen molar-refractivity contribution in [3.8, 4) is 0 Å². The maximum Gasteiger partial charge on any atom is 0.142 e. The molecule has 0 amide bonds. The first-order valence-electron chi connectivity index (χ1n) is 4.82. The van der Waals surface area contributed by atoms with Gasteiger partial charge in [-0.15, -0.1) is 0 Å². The molecule has 0 heterocycles. The minimum atomic E-state index is 0.237. The smallest absolute Gasteiger partial charge is 0.142 e. The van der Waals surface area contributed by atoms with Crippen LogP contribution in [0.2, 0.25) is 0 Å². The van der Waals surface area contributed by atoms with Gasteiger partial charge in [0.05, 0.1) is 6.10 Å². The predicted molar refractivity (Wildman–Crippen MR) is 54.7 cm³/mol. The maximum atomic E-state index is 10.3. The van der Waals surface area contributed by atoms with E-state index < -0.39 is 0 Å². The van der Waals surface area contributed by atoms with Crippen LogP contribution in [-0.4, -0.2) is 19.5 Å². The second-order valence-corrected chi connectivity index (χ2v) is 3.40. The lowest BCUT2D eigenvalue weighted by Crippen LogP contribution is -2.21. The second-order valence-electron chi connectivity index (χ2n) is 3.40. The van der Waals surface area contributed by atoms with Gasteiger partial charge in [-0.1, -0.05) is 25.8 Å². The molecule has 0 radical (unpaired) electrons. The average Bonchev–Trinajstić information content (AvgIpc) is 2.13. The molecule has 0 aliphatic rings. The zero-order chi connectivity index (χ0) is 10.3. The number of carbonyl (C=O) groups excluding carboxylic acids is 1. The monoisotopic (exact) mass is 184 g/mol. The third-order valence-electron chi connectivity index (χ3n) is 2.48. The topological polar surface area (TPSA) is 26.3 Å². The van der Waals surface area contributed by atoms with Crippen molar-refractivity contribution in [2.75, 3.05) is 7.11 Å². The number of hydrogen-bond acceptors (Lipinski definition) is 2. The van der Waals surface area contributed by atoms with Crippen LogP contribution in [-0.2, 0) is 9.53 Å². The van der Waals surface area contributed by atoms with E-state index in [0.29, 0.717) is 5.92 Å². The fourth-order valence-corrected chi connectivity index (χ4v) is 1.41. The van der Waals surface area contributed by atoms with E-state index in [2.05, 4.69) is 13.8 Å². The van der Waals surface area contributed by atoms with Gasteiger partial charge in [-0.3, -0.25) is 4.79 Å². The Morgan fingerprint density at radius 3 is 2.54 bits per heavy atom. The summed E-state index contributed by atoms with van der Waals surface area (Å²) in [5.41, 5.74) is 1.09. The molecule has 2 nitrogen and oxygen atoms in total. The Morgan fingerprint density at radius 1 is 1.54 bits per heavy atom. The first-order valence-corrected chi connectivity index (χ1v) is 4.82. The predicted octanol–water partition coefficient (Wildman–Crippen LogP) is 2.58. The molecule has 76 valence electrons. The van der Waals surface area contributed by atoms with Gasteiger partial charge in [-0.05, 0) is 19.4 Å². The summed E-state index contributed by atoms with van der Waals surface area (Å²) in [6.07, 6.45) is 4.84. The quantitative estimate of drug-likeness (QED) is 0.468. The van der Waals surface area contributed by atoms with Gasteiger partial charge in [-0.25, -0.2) is 0 Å². The van der Waals surface area contributed by atoms with Crippen LogP contribution in [0.5, 0.6) is 0 Å². The number of allylic oxidation sites excluding steroid dienone is 1. The highest BCUT2D eigenvalue weighted by Gasteiger charge is 2.16. The molecule has 0 spiro atoms. The molecule has 0 rings (SSSR count). The van der Waals surface area contributed by atoms with E-state index in [-0.39, 0.29) is 6.10 Å². The van der Waals surface area contributed by atoms with Crippen LogP contribution in [0.4, 0.5) is 0 Å². The molecule has 0 fully saturated rings. The van der Waals surface area contributed by atoms with Crippen molar-refractivity contribution in [3.05, 3.63) is 11.6 Å². The highest BCUT2D eigenvalue weighted by Crippen LogP contribution is 2.19. The molecule has 0 aliphatic heterocycles. The summed E-state index contributed by atoms with van der Waals surface area (Å²) in [6.45, 7) is 6.21. The fraction of sp³-hybridized carbons (Fsp3) is 0.727. The van der Waals surface area contributed by atoms with Crippen molar-refractivity contribution in [3.63, 3.8) is 0 Å². The zero-order valence-electron chi connectivity index (χ0n) is 9.04. The fourth-order valence-electron chi connectivity index (χ4n) is 1.41. The Hall–Kier alpha value is -0.630. The largest absolute Gasteiger partial charge is 0.381 e. The van der Waals surface area contributed by atoms with E-state index in [1.165, 1.54) is 0 Å². The van der Waals surface area contributed by atoms with Gasteiger partial charge in [0.1, 0.15) is 6.29 Å². The number of ether oxygens (including phenoxy) is 1. The molecular weight excluding hydrogens is 164 g/mol. The van der Waals surface area contributed by atoms with E-state index in [1.54, 1.807) is 13.2 Å². The highest BCUT2D eigenvalue weighted by atomic mass is 16.5. The normalized spacial score (nSPS) is 16.8. The molecule has 0 aromatic heterocycles. The third-order valence-corrected chi connectivity index (χ3v) is 2.48. The van der Waals surface area contributed by atoms with Crippen molar-refractivity contribution in [2.24, 2.45) is 5.92 Å². The maximum absolute atomic E-state index is 10.3. The first kappa shape index (κ1) is 12.4. The van der Waals surface area contributed by atoms with Gasteiger partial charge in [0.15, 0.2) is 0 Å². The lowest BCUT2D eigenvalue weighted by atomic mass is 9.93. The number of hydrogen-bond donors (Lipinski definition) is 0. The van der Waals surface area contributed by atoms with E-state index in [9.17, 15) is 4.79 Å². The molecule has 0 aromatic rings. The molecule has 2 unspecified atom stereocenters. The van der Waals surface area contributed by atoms with Gasteiger partial charge in [0.2, 0.25) is 0 Å². The molecule has 0 saturated carbocycles. The molecule has 13 heavy (non-hydrogen) atoms. The standard InChI is InChI=1S/C11H20O2/c1-5-6-11(13-4)10(3)9(2)7-8-12/h7-8,10-11H,5-6H2,1-4H3/b9-7+. The summed E-state index contributed by atoms with van der Waals surface area (Å²) in [5, 5.41) is 0. The zero-order valence-corrected chi connectivity index (χ0v) is 9.04. The van der Waals surface area contributed by atoms with Gasteiger partial charge in [0, 0.05) is 13.0 Å². The van der Waals surface area contributed by atoms with Crippen molar-refractivity contribution in [1.82, 2.24) is 0 Å². The Bertz CT molecular complexity index is 173. The lowest BCUT2D eigenvalue weighted by Gasteiger charge is -2.22. The molecule has 0 saturated heterocycles. The van der Waals surface area contributed by atoms with Crippen molar-refractivity contribution < 1.29 is 9.53 Å². The Morgan fingerprint density at radius 2 is 2.15 bits per heavy atom. The third kappa shape index (κ3) is 4.23. The van der Waals surface area contributed by atoms with Crippen LogP contribution in [0.15, 0.2) is 11.6 Å². The Kier molecular flexibility index (Phi) is 6.51. The van der Waals surface area contributed by atoms with Gasteiger partial charge >= 0.3 is 0 Å². The van der Waals surface area contributed by atoms with Crippen LogP contribution in [0.1, 0.15) is 33.6 Å². The Balaban J connectivity index is 4.25. The average molecular weight is 184 g/mol. The summed E-state index contributed by atoms with van der Waals surface area (Å²) in [4.78, 5) is 10.3. The summed E-state index contributed by atoms with van der Waals surface area (Å²) >= 11 is 0. The number of rotatable bonds is 6. The molecule has 0 bridgehead atoms. The van der Waals surface area contributed by atoms with Crippen molar-refractivity contribution in [1.29, 1.82) is 0 Å². The van der Waals surface area contributed by atoms with Crippen LogP contribution in [0.25, 0.3) is 0 Å². The summed E-state index contributed by atoms with van der Waals surface area (Å²) in [6, 6.07) is 0. The second kappa shape index (κ2) is 6.84. The van der Waals surface area contributed by atoms with Crippen LogP contribution >= 0.6 is 0 Å². The first-order chi connectivity index (χ1) is 6.17. The summed E-state index contributed by atoms with van der Waals surface area (Å²) in [7, 11) is 1.73. The lowest BCUT2D eigenvalue weighted by molar-refractivity contribution is -0.104. The van der Waals surface area contributed by atoms with Gasteiger partial charge < -0.3 is 4.74 Å².